The molecule has 0 aliphatic rings. The van der Waals surface area contributed by atoms with Crippen LogP contribution in [0.15, 0.2) is 65.8 Å². The van der Waals surface area contributed by atoms with Crippen molar-refractivity contribution in [2.75, 3.05) is 0 Å². The Bertz CT molecular complexity index is 1090. The maximum Gasteiger partial charge on any atom is 0.259 e. The molecule has 0 bridgehead atoms. The second-order valence-corrected chi connectivity index (χ2v) is 6.44. The van der Waals surface area contributed by atoms with Gasteiger partial charge in [-0.3, -0.25) is 9.78 Å². The highest BCUT2D eigenvalue weighted by Crippen LogP contribution is 2.20. The molecular weight excluding hydrogens is 380 g/mol. The van der Waals surface area contributed by atoms with Crippen LogP contribution in [0.2, 0.25) is 5.02 Å². The number of imidazole rings is 1. The summed E-state index contributed by atoms with van der Waals surface area (Å²) < 4.78 is 6.91. The minimum absolute atomic E-state index is 0.126. The number of carbonyl (C=O) groups is 1. The number of rotatable bonds is 6. The number of nitrogens with zero attached hydrogens (tertiary/aromatic N) is 5. The average molecular weight is 395 g/mol. The third kappa shape index (κ3) is 4.24. The minimum Gasteiger partial charge on any atom is -0.350 e. The van der Waals surface area contributed by atoms with Crippen LogP contribution in [0.4, 0.5) is 0 Å². The summed E-state index contributed by atoms with van der Waals surface area (Å²) in [5, 5.41) is 7.42. The summed E-state index contributed by atoms with van der Waals surface area (Å²) in [5.74, 6) is 0.557. The van der Waals surface area contributed by atoms with Gasteiger partial charge in [-0.1, -0.05) is 28.9 Å². The van der Waals surface area contributed by atoms with Crippen LogP contribution in [0.1, 0.15) is 5.56 Å². The molecule has 4 aromatic rings. The van der Waals surface area contributed by atoms with Gasteiger partial charge in [-0.15, -0.1) is 0 Å². The van der Waals surface area contributed by atoms with E-state index in [9.17, 15) is 4.79 Å². The van der Waals surface area contributed by atoms with Gasteiger partial charge in [0.2, 0.25) is 11.7 Å². The van der Waals surface area contributed by atoms with Crippen LogP contribution >= 0.6 is 11.6 Å². The van der Waals surface area contributed by atoms with Crippen molar-refractivity contribution < 1.29 is 9.32 Å². The predicted octanol–water partition coefficient (Wildman–Crippen LogP) is 2.96. The first-order valence-corrected chi connectivity index (χ1v) is 8.82. The summed E-state index contributed by atoms with van der Waals surface area (Å²) in [6.07, 6.45) is 6.55. The third-order valence-corrected chi connectivity index (χ3v) is 4.14. The van der Waals surface area contributed by atoms with E-state index in [4.69, 9.17) is 16.1 Å². The van der Waals surface area contributed by atoms with Crippen LogP contribution in [0, 0.1) is 0 Å². The van der Waals surface area contributed by atoms with E-state index in [1.165, 1.54) is 0 Å². The molecule has 0 saturated carbocycles. The Morgan fingerprint density at radius 1 is 1.25 bits per heavy atom. The average Bonchev–Trinajstić information content (AvgIpc) is 3.37. The lowest BCUT2D eigenvalue weighted by molar-refractivity contribution is -0.121. The smallest absolute Gasteiger partial charge is 0.259 e. The predicted molar refractivity (Wildman–Crippen MR) is 102 cm³/mol. The van der Waals surface area contributed by atoms with Crippen LogP contribution in [0.5, 0.6) is 0 Å². The summed E-state index contributed by atoms with van der Waals surface area (Å²) in [7, 11) is 0. The Kier molecular flexibility index (Phi) is 5.11. The maximum absolute atomic E-state index is 12.2. The fourth-order valence-corrected chi connectivity index (χ4v) is 2.78. The van der Waals surface area contributed by atoms with Crippen molar-refractivity contribution in [1.82, 2.24) is 30.0 Å². The molecular formula is C19H15ClN6O2. The molecule has 0 saturated heterocycles. The van der Waals surface area contributed by atoms with E-state index in [0.29, 0.717) is 29.0 Å². The third-order valence-electron chi connectivity index (χ3n) is 3.90. The Balaban J connectivity index is 1.38. The second kappa shape index (κ2) is 8.01. The molecule has 0 aliphatic heterocycles. The van der Waals surface area contributed by atoms with Crippen LogP contribution in [0.3, 0.4) is 0 Å². The first-order valence-electron chi connectivity index (χ1n) is 8.45. The van der Waals surface area contributed by atoms with Gasteiger partial charge >= 0.3 is 0 Å². The van der Waals surface area contributed by atoms with Gasteiger partial charge in [-0.05, 0) is 29.8 Å². The normalized spacial score (nSPS) is 10.8. The zero-order valence-electron chi connectivity index (χ0n) is 14.6. The van der Waals surface area contributed by atoms with Gasteiger partial charge in [0.1, 0.15) is 12.2 Å². The van der Waals surface area contributed by atoms with Crippen LogP contribution < -0.4 is 5.32 Å². The van der Waals surface area contributed by atoms with Gasteiger partial charge in [0.05, 0.1) is 11.9 Å². The van der Waals surface area contributed by atoms with E-state index >= 15 is 0 Å². The number of benzene rings is 1. The molecule has 0 fully saturated rings. The van der Waals surface area contributed by atoms with E-state index in [2.05, 4.69) is 25.4 Å². The van der Waals surface area contributed by atoms with E-state index in [0.717, 1.165) is 11.1 Å². The maximum atomic E-state index is 12.2. The largest absolute Gasteiger partial charge is 0.350 e. The zero-order valence-corrected chi connectivity index (χ0v) is 15.4. The lowest BCUT2D eigenvalue weighted by atomic mass is 10.2. The number of pyridine rings is 1. The van der Waals surface area contributed by atoms with E-state index < -0.39 is 0 Å². The molecule has 0 unspecified atom stereocenters. The molecule has 0 aliphatic carbocycles. The molecule has 3 aromatic heterocycles. The number of hydrogen-bond acceptors (Lipinski definition) is 6. The first-order chi connectivity index (χ1) is 13.7. The number of amides is 1. The van der Waals surface area contributed by atoms with Gasteiger partial charge < -0.3 is 14.4 Å². The van der Waals surface area contributed by atoms with Crippen LogP contribution in [0.25, 0.3) is 23.0 Å². The molecule has 4 rings (SSSR count). The number of nitrogens with one attached hydrogen (secondary N) is 1. The number of aromatic nitrogens is 5. The van der Waals surface area contributed by atoms with Gasteiger partial charge in [0, 0.05) is 30.2 Å². The SMILES string of the molecule is O=C(Cn1cnc(-c2noc(-c3cccnc3)n2)c1)NCc1cccc(Cl)c1. The van der Waals surface area contributed by atoms with E-state index in [1.54, 1.807) is 41.6 Å². The molecule has 28 heavy (non-hydrogen) atoms. The molecule has 9 heteroatoms. The van der Waals surface area contributed by atoms with Crippen molar-refractivity contribution in [2.45, 2.75) is 13.1 Å². The van der Waals surface area contributed by atoms with Crippen LogP contribution in [-0.4, -0.2) is 30.6 Å². The highest BCUT2D eigenvalue weighted by Gasteiger charge is 2.13. The van der Waals surface area contributed by atoms with Crippen LogP contribution in [-0.2, 0) is 17.9 Å². The summed E-state index contributed by atoms with van der Waals surface area (Å²) in [4.78, 5) is 24.7. The molecule has 8 nitrogen and oxygen atoms in total. The van der Waals surface area contributed by atoms with E-state index in [1.807, 2.05) is 24.3 Å². The molecule has 0 atom stereocenters. The van der Waals surface area contributed by atoms with Gasteiger partial charge in [-0.25, -0.2) is 4.98 Å². The monoisotopic (exact) mass is 394 g/mol. The van der Waals surface area contributed by atoms with Gasteiger partial charge in [-0.2, -0.15) is 4.98 Å². The summed E-state index contributed by atoms with van der Waals surface area (Å²) in [6.45, 7) is 0.529. The molecule has 1 amide bonds. The topological polar surface area (TPSA) is 98.7 Å². The molecule has 1 N–H and O–H groups in total. The van der Waals surface area contributed by atoms with Crippen molar-refractivity contribution in [1.29, 1.82) is 0 Å². The highest BCUT2D eigenvalue weighted by atomic mass is 35.5. The molecule has 140 valence electrons. The lowest BCUT2D eigenvalue weighted by Gasteiger charge is -2.06. The van der Waals surface area contributed by atoms with Crippen molar-refractivity contribution in [3.63, 3.8) is 0 Å². The fourth-order valence-electron chi connectivity index (χ4n) is 2.57. The quantitative estimate of drug-likeness (QED) is 0.539. The van der Waals surface area contributed by atoms with Crippen molar-refractivity contribution in [2.24, 2.45) is 0 Å². The Morgan fingerprint density at radius 3 is 3.00 bits per heavy atom. The number of hydrogen-bond donors (Lipinski definition) is 1. The molecule has 1 aromatic carbocycles. The minimum atomic E-state index is -0.145. The van der Waals surface area contributed by atoms with Gasteiger partial charge in [0.25, 0.3) is 5.89 Å². The lowest BCUT2D eigenvalue weighted by Crippen LogP contribution is -2.26. The Hall–Kier alpha value is -3.52. The molecule has 0 radical (unpaired) electrons. The summed E-state index contributed by atoms with van der Waals surface area (Å²) in [6, 6.07) is 11.0. The van der Waals surface area contributed by atoms with Crippen molar-refractivity contribution in [3.05, 3.63) is 71.9 Å². The zero-order chi connectivity index (χ0) is 19.3. The number of halogens is 1. The summed E-state index contributed by atoms with van der Waals surface area (Å²) in [5.41, 5.74) is 2.17. The van der Waals surface area contributed by atoms with Crippen molar-refractivity contribution >= 4 is 17.5 Å². The van der Waals surface area contributed by atoms with Gasteiger partial charge in [0.15, 0.2) is 0 Å². The molecule has 3 heterocycles. The van der Waals surface area contributed by atoms with Crippen molar-refractivity contribution in [3.8, 4) is 23.0 Å². The number of carbonyl (C=O) groups excluding carboxylic acids is 1. The van der Waals surface area contributed by atoms with E-state index in [-0.39, 0.29) is 12.5 Å². The Labute approximate surface area is 165 Å². The molecule has 0 spiro atoms. The summed E-state index contributed by atoms with van der Waals surface area (Å²) >= 11 is 5.94. The first kappa shape index (κ1) is 17.9. The standard InChI is InChI=1S/C19H15ClN6O2/c20-15-5-1-3-13(7-15)8-22-17(27)11-26-10-16(23-12-26)18-24-19(28-25-18)14-4-2-6-21-9-14/h1-7,9-10,12H,8,11H2,(H,22,27). The Morgan fingerprint density at radius 2 is 2.18 bits per heavy atom. The fraction of sp³-hybridized carbons (Fsp3) is 0.105. The second-order valence-electron chi connectivity index (χ2n) is 6.00. The highest BCUT2D eigenvalue weighted by molar-refractivity contribution is 6.30.